The van der Waals surface area contributed by atoms with Crippen LogP contribution >= 0.6 is 0 Å². The number of Topliss-reactive ketones (excluding diaryl/α,β-unsaturated/α-hetero) is 1. The van der Waals surface area contributed by atoms with Crippen LogP contribution < -0.4 is 17.2 Å². The number of ketones is 1. The molecule has 0 spiro atoms. The number of carbonyl (C=O) groups excluding carboxylic acids is 1. The SMILES string of the molecule is Nc1nc(N)c(N=Nc2ccc(C(O)C(=O)c3ccccc3)cc2)c(N)n1. The predicted molar refractivity (Wildman–Crippen MR) is 102 cm³/mol. The third-order valence-corrected chi connectivity index (χ3v) is 3.74. The van der Waals surface area contributed by atoms with Crippen molar-refractivity contribution in [2.45, 2.75) is 6.10 Å². The van der Waals surface area contributed by atoms with Crippen LogP contribution in [0.15, 0.2) is 64.8 Å². The van der Waals surface area contributed by atoms with Crippen LogP contribution in [0, 0.1) is 0 Å². The minimum Gasteiger partial charge on any atom is -0.382 e. The molecule has 0 aliphatic heterocycles. The number of aromatic nitrogens is 2. The number of nitrogen functional groups attached to an aromatic ring is 3. The molecule has 0 aliphatic rings. The summed E-state index contributed by atoms with van der Waals surface area (Å²) in [6.45, 7) is 0. The van der Waals surface area contributed by atoms with Gasteiger partial charge >= 0.3 is 0 Å². The number of aliphatic hydroxyl groups excluding tert-OH is 1. The highest BCUT2D eigenvalue weighted by Gasteiger charge is 2.18. The molecule has 0 aliphatic carbocycles. The summed E-state index contributed by atoms with van der Waals surface area (Å²) in [5, 5.41) is 18.2. The molecule has 9 heteroatoms. The van der Waals surface area contributed by atoms with Gasteiger partial charge in [0, 0.05) is 5.56 Å². The summed E-state index contributed by atoms with van der Waals surface area (Å²) in [6, 6.07) is 15.0. The van der Waals surface area contributed by atoms with Gasteiger partial charge in [-0.2, -0.15) is 15.1 Å². The molecule has 1 unspecified atom stereocenters. The third kappa shape index (κ3) is 4.05. The van der Waals surface area contributed by atoms with Crippen molar-refractivity contribution in [1.82, 2.24) is 9.97 Å². The summed E-state index contributed by atoms with van der Waals surface area (Å²) in [4.78, 5) is 19.8. The molecule has 136 valence electrons. The lowest BCUT2D eigenvalue weighted by molar-refractivity contribution is 0.0747. The van der Waals surface area contributed by atoms with Crippen LogP contribution in [0.2, 0.25) is 0 Å². The van der Waals surface area contributed by atoms with Crippen LogP contribution in [0.4, 0.5) is 29.0 Å². The molecule has 1 heterocycles. The van der Waals surface area contributed by atoms with Gasteiger partial charge in [-0.1, -0.05) is 42.5 Å². The predicted octanol–water partition coefficient (Wildman–Crippen LogP) is 2.55. The van der Waals surface area contributed by atoms with Crippen LogP contribution in [0.25, 0.3) is 0 Å². The number of hydrogen-bond donors (Lipinski definition) is 4. The van der Waals surface area contributed by atoms with E-state index in [1.54, 1.807) is 54.6 Å². The number of rotatable bonds is 5. The summed E-state index contributed by atoms with van der Waals surface area (Å²) in [5.74, 6) is -0.400. The number of anilines is 3. The molecule has 0 fully saturated rings. The Morgan fingerprint density at radius 2 is 1.48 bits per heavy atom. The molecule has 1 aromatic heterocycles. The normalized spacial score (nSPS) is 12.2. The Morgan fingerprint density at radius 3 is 2.07 bits per heavy atom. The fourth-order valence-electron chi connectivity index (χ4n) is 2.35. The number of benzene rings is 2. The van der Waals surface area contributed by atoms with Crippen LogP contribution in [0.5, 0.6) is 0 Å². The Hall–Kier alpha value is -3.85. The first-order chi connectivity index (χ1) is 13.0. The second-order valence-electron chi connectivity index (χ2n) is 5.63. The lowest BCUT2D eigenvalue weighted by atomic mass is 10.00. The molecule has 1 atom stereocenters. The second-order valence-corrected chi connectivity index (χ2v) is 5.63. The van der Waals surface area contributed by atoms with Crippen molar-refractivity contribution >= 4 is 34.7 Å². The van der Waals surface area contributed by atoms with Crippen molar-refractivity contribution in [2.75, 3.05) is 17.2 Å². The van der Waals surface area contributed by atoms with Crippen LogP contribution in [-0.4, -0.2) is 20.9 Å². The van der Waals surface area contributed by atoms with Crippen molar-refractivity contribution in [2.24, 2.45) is 10.2 Å². The van der Waals surface area contributed by atoms with Gasteiger partial charge < -0.3 is 22.3 Å². The minimum atomic E-state index is -1.27. The zero-order chi connectivity index (χ0) is 19.4. The Labute approximate surface area is 154 Å². The average molecular weight is 363 g/mol. The molecule has 9 nitrogen and oxygen atoms in total. The van der Waals surface area contributed by atoms with Gasteiger partial charge in [-0.25, -0.2) is 0 Å². The second kappa shape index (κ2) is 7.58. The van der Waals surface area contributed by atoms with E-state index in [0.29, 0.717) is 16.8 Å². The van der Waals surface area contributed by atoms with Gasteiger partial charge in [0.2, 0.25) is 5.95 Å². The van der Waals surface area contributed by atoms with Crippen molar-refractivity contribution < 1.29 is 9.90 Å². The van der Waals surface area contributed by atoms with E-state index < -0.39 is 6.10 Å². The molecule has 0 amide bonds. The smallest absolute Gasteiger partial charge is 0.224 e. The van der Waals surface area contributed by atoms with Gasteiger partial charge in [0.05, 0.1) is 5.69 Å². The third-order valence-electron chi connectivity index (χ3n) is 3.74. The first-order valence-electron chi connectivity index (χ1n) is 7.93. The van der Waals surface area contributed by atoms with E-state index in [0.717, 1.165) is 0 Å². The van der Waals surface area contributed by atoms with Gasteiger partial charge in [-0.05, 0) is 17.7 Å². The van der Waals surface area contributed by atoms with Crippen LogP contribution in [0.3, 0.4) is 0 Å². The highest BCUT2D eigenvalue weighted by atomic mass is 16.3. The zero-order valence-corrected chi connectivity index (χ0v) is 14.1. The van der Waals surface area contributed by atoms with Crippen molar-refractivity contribution in [3.05, 3.63) is 65.7 Å². The minimum absolute atomic E-state index is 0.0178. The average Bonchev–Trinajstić information content (AvgIpc) is 2.67. The van der Waals surface area contributed by atoms with E-state index in [2.05, 4.69) is 20.2 Å². The van der Waals surface area contributed by atoms with Crippen molar-refractivity contribution in [3.8, 4) is 0 Å². The van der Waals surface area contributed by atoms with E-state index in [1.165, 1.54) is 0 Å². The fourth-order valence-corrected chi connectivity index (χ4v) is 2.35. The standard InChI is InChI=1S/C18H17N7O2/c19-16-13(17(20)23-18(21)22-16)25-24-12-8-6-11(7-9-12)15(27)14(26)10-4-2-1-3-5-10/h1-9,15,27H,(H6,19,20,21,22,23). The molecule has 0 saturated heterocycles. The topological polar surface area (TPSA) is 166 Å². The Bertz CT molecular complexity index is 965. The van der Waals surface area contributed by atoms with E-state index in [1.807, 2.05) is 0 Å². The van der Waals surface area contributed by atoms with Gasteiger partial charge in [0.1, 0.15) is 6.10 Å². The highest BCUT2D eigenvalue weighted by molar-refractivity contribution is 5.99. The van der Waals surface area contributed by atoms with E-state index in [4.69, 9.17) is 17.2 Å². The van der Waals surface area contributed by atoms with Crippen LogP contribution in [-0.2, 0) is 0 Å². The molecule has 2 aromatic carbocycles. The quantitative estimate of drug-likeness (QED) is 0.399. The number of hydrogen-bond acceptors (Lipinski definition) is 9. The lowest BCUT2D eigenvalue weighted by Gasteiger charge is -2.10. The fraction of sp³-hybridized carbons (Fsp3) is 0.0556. The Morgan fingerprint density at radius 1 is 0.889 bits per heavy atom. The van der Waals surface area contributed by atoms with Crippen molar-refractivity contribution in [3.63, 3.8) is 0 Å². The summed E-state index contributed by atoms with van der Waals surface area (Å²) in [6.07, 6.45) is -1.27. The van der Waals surface area contributed by atoms with Gasteiger partial charge in [0.25, 0.3) is 0 Å². The molecule has 0 saturated carbocycles. The maximum absolute atomic E-state index is 12.3. The molecule has 3 aromatic rings. The summed E-state index contributed by atoms with van der Waals surface area (Å²) in [5.41, 5.74) is 18.3. The first-order valence-corrected chi connectivity index (χ1v) is 7.93. The summed E-state index contributed by atoms with van der Waals surface area (Å²) >= 11 is 0. The molecule has 0 bridgehead atoms. The number of nitrogens with zero attached hydrogens (tertiary/aromatic N) is 4. The number of nitrogens with two attached hydrogens (primary N) is 3. The maximum atomic E-state index is 12.3. The van der Waals surface area contributed by atoms with Crippen molar-refractivity contribution in [1.29, 1.82) is 0 Å². The highest BCUT2D eigenvalue weighted by Crippen LogP contribution is 2.29. The van der Waals surface area contributed by atoms with Gasteiger partial charge in [-0.3, -0.25) is 4.79 Å². The molecular weight excluding hydrogens is 346 g/mol. The van der Waals surface area contributed by atoms with E-state index in [9.17, 15) is 9.90 Å². The Kier molecular flexibility index (Phi) is 5.04. The number of carbonyl (C=O) groups is 1. The molecular formula is C18H17N7O2. The molecule has 27 heavy (non-hydrogen) atoms. The maximum Gasteiger partial charge on any atom is 0.224 e. The van der Waals surface area contributed by atoms with E-state index in [-0.39, 0.29) is 29.1 Å². The first kappa shape index (κ1) is 18.0. The summed E-state index contributed by atoms with van der Waals surface area (Å²) < 4.78 is 0. The van der Waals surface area contributed by atoms with Gasteiger partial charge in [0.15, 0.2) is 23.1 Å². The van der Waals surface area contributed by atoms with Gasteiger partial charge in [-0.15, -0.1) is 5.11 Å². The lowest BCUT2D eigenvalue weighted by Crippen LogP contribution is -2.11. The number of aliphatic hydroxyl groups is 1. The number of azo groups is 1. The van der Waals surface area contributed by atoms with E-state index >= 15 is 0 Å². The molecule has 7 N–H and O–H groups in total. The zero-order valence-electron chi connectivity index (χ0n) is 14.1. The largest absolute Gasteiger partial charge is 0.382 e. The van der Waals surface area contributed by atoms with Crippen LogP contribution in [0.1, 0.15) is 22.0 Å². The monoisotopic (exact) mass is 363 g/mol. The summed E-state index contributed by atoms with van der Waals surface area (Å²) in [7, 11) is 0. The molecule has 0 radical (unpaired) electrons. The Balaban J connectivity index is 1.77. The molecule has 3 rings (SSSR count).